The second-order valence-electron chi connectivity index (χ2n) is 2.54. The molecule has 1 radical (unpaired) electrons. The van der Waals surface area contributed by atoms with Crippen molar-refractivity contribution in [1.29, 1.82) is 0 Å². The van der Waals surface area contributed by atoms with Crippen molar-refractivity contribution in [1.82, 2.24) is 0 Å². The van der Waals surface area contributed by atoms with Gasteiger partial charge < -0.3 is 14.6 Å². The van der Waals surface area contributed by atoms with Crippen molar-refractivity contribution in [2.24, 2.45) is 0 Å². The maximum absolute atomic E-state index is 8.68. The highest BCUT2D eigenvalue weighted by Gasteiger charge is 2.07. The van der Waals surface area contributed by atoms with Gasteiger partial charge in [0.15, 0.2) is 11.5 Å². The average molecular weight is 181 g/mol. The van der Waals surface area contributed by atoms with Gasteiger partial charge in [-0.15, -0.1) is 0 Å². The summed E-state index contributed by atoms with van der Waals surface area (Å²) in [6, 6.07) is 5.56. The molecule has 71 valence electrons. The molecule has 0 bridgehead atoms. The van der Waals surface area contributed by atoms with Gasteiger partial charge in [0.25, 0.3) is 0 Å². The Morgan fingerprint density at radius 3 is 2.62 bits per heavy atom. The van der Waals surface area contributed by atoms with Gasteiger partial charge in [0.1, 0.15) is 0 Å². The Labute approximate surface area is 77.9 Å². The summed E-state index contributed by atoms with van der Waals surface area (Å²) in [5.74, 6) is 1.36. The summed E-state index contributed by atoms with van der Waals surface area (Å²) in [6.45, 7) is 1.09. The van der Waals surface area contributed by atoms with Crippen molar-refractivity contribution < 1.29 is 14.6 Å². The van der Waals surface area contributed by atoms with Gasteiger partial charge in [-0.3, -0.25) is 0 Å². The summed E-state index contributed by atoms with van der Waals surface area (Å²) in [6.07, 6.45) is 0.459. The van der Waals surface area contributed by atoms with Crippen molar-refractivity contribution in [3.05, 3.63) is 30.4 Å². The van der Waals surface area contributed by atoms with Crippen molar-refractivity contribution in [3.8, 4) is 11.5 Å². The lowest BCUT2D eigenvalue weighted by Gasteiger charge is -2.11. The molecule has 1 aromatic rings. The number of ether oxygens (including phenoxy) is 2. The van der Waals surface area contributed by atoms with Crippen molar-refractivity contribution in [2.75, 3.05) is 14.2 Å². The number of hydrogen-bond donors (Lipinski definition) is 1. The number of rotatable bonds is 4. The first-order chi connectivity index (χ1) is 6.33. The first kappa shape index (κ1) is 9.86. The first-order valence-electron chi connectivity index (χ1n) is 3.99. The number of aliphatic hydroxyl groups excluding tert-OH is 1. The highest BCUT2D eigenvalue weighted by atomic mass is 16.5. The maximum Gasteiger partial charge on any atom is 0.163 e. The third kappa shape index (κ3) is 2.12. The zero-order valence-electron chi connectivity index (χ0n) is 7.78. The van der Waals surface area contributed by atoms with Crippen LogP contribution in [0.5, 0.6) is 11.5 Å². The topological polar surface area (TPSA) is 38.7 Å². The quantitative estimate of drug-likeness (QED) is 0.769. The van der Waals surface area contributed by atoms with Gasteiger partial charge in [-0.1, -0.05) is 12.1 Å². The van der Waals surface area contributed by atoms with Crippen LogP contribution < -0.4 is 9.47 Å². The van der Waals surface area contributed by atoms with Crippen LogP contribution in [0.3, 0.4) is 0 Å². The molecule has 3 heteroatoms. The molecule has 0 unspecified atom stereocenters. The number of benzene rings is 1. The van der Waals surface area contributed by atoms with Crippen molar-refractivity contribution in [2.45, 2.75) is 6.42 Å². The second-order valence-corrected chi connectivity index (χ2v) is 2.54. The Morgan fingerprint density at radius 1 is 1.31 bits per heavy atom. The van der Waals surface area contributed by atoms with E-state index in [0.29, 0.717) is 17.9 Å². The van der Waals surface area contributed by atoms with E-state index in [4.69, 9.17) is 14.6 Å². The fourth-order valence-electron chi connectivity index (χ4n) is 1.21. The van der Waals surface area contributed by atoms with Gasteiger partial charge in [0, 0.05) is 12.0 Å². The van der Waals surface area contributed by atoms with Crippen molar-refractivity contribution >= 4 is 0 Å². The van der Waals surface area contributed by atoms with E-state index in [-0.39, 0.29) is 0 Å². The molecule has 1 rings (SSSR count). The van der Waals surface area contributed by atoms with Crippen LogP contribution in [0.2, 0.25) is 0 Å². The Kier molecular flexibility index (Phi) is 3.58. The summed E-state index contributed by atoms with van der Waals surface area (Å²) in [5, 5.41) is 8.68. The van der Waals surface area contributed by atoms with E-state index < -0.39 is 0 Å². The van der Waals surface area contributed by atoms with E-state index in [2.05, 4.69) is 0 Å². The molecule has 1 N–H and O–H groups in total. The molecule has 0 saturated carbocycles. The Bertz CT molecular complexity index is 271. The maximum atomic E-state index is 8.68. The van der Waals surface area contributed by atoms with Gasteiger partial charge >= 0.3 is 0 Å². The van der Waals surface area contributed by atoms with Crippen LogP contribution in [0.1, 0.15) is 5.56 Å². The summed E-state index contributed by atoms with van der Waals surface area (Å²) < 4.78 is 10.3. The van der Waals surface area contributed by atoms with Crippen LogP contribution in [0, 0.1) is 6.61 Å². The molecule has 0 fully saturated rings. The molecule has 13 heavy (non-hydrogen) atoms. The minimum Gasteiger partial charge on any atom is -0.493 e. The SMILES string of the molecule is COc1cccc(C[CH]O)c1OC. The monoisotopic (exact) mass is 181 g/mol. The van der Waals surface area contributed by atoms with Crippen LogP contribution in [-0.4, -0.2) is 19.3 Å². The highest BCUT2D eigenvalue weighted by Crippen LogP contribution is 2.30. The lowest BCUT2D eigenvalue weighted by atomic mass is 10.1. The number of methoxy groups -OCH3 is 2. The first-order valence-corrected chi connectivity index (χ1v) is 3.99. The summed E-state index contributed by atoms with van der Waals surface area (Å²) in [7, 11) is 3.17. The molecule has 0 saturated heterocycles. The van der Waals surface area contributed by atoms with Crippen LogP contribution >= 0.6 is 0 Å². The molecule has 0 atom stereocenters. The third-order valence-electron chi connectivity index (χ3n) is 1.80. The van der Waals surface area contributed by atoms with Crippen LogP contribution in [0.4, 0.5) is 0 Å². The minimum atomic E-state index is 0.459. The normalized spacial score (nSPS) is 9.77. The van der Waals surface area contributed by atoms with Gasteiger partial charge in [-0.2, -0.15) is 0 Å². The van der Waals surface area contributed by atoms with E-state index in [0.717, 1.165) is 12.2 Å². The zero-order valence-corrected chi connectivity index (χ0v) is 7.78. The predicted molar refractivity (Wildman–Crippen MR) is 49.5 cm³/mol. The Morgan fingerprint density at radius 2 is 2.08 bits per heavy atom. The molecule has 0 aromatic heterocycles. The van der Waals surface area contributed by atoms with E-state index in [1.54, 1.807) is 14.2 Å². The fourth-order valence-corrected chi connectivity index (χ4v) is 1.21. The second kappa shape index (κ2) is 4.72. The molecule has 0 aliphatic heterocycles. The van der Waals surface area contributed by atoms with E-state index >= 15 is 0 Å². The smallest absolute Gasteiger partial charge is 0.163 e. The largest absolute Gasteiger partial charge is 0.493 e. The molecular weight excluding hydrogens is 168 g/mol. The number of aliphatic hydroxyl groups is 1. The van der Waals surface area contributed by atoms with E-state index in [9.17, 15) is 0 Å². The van der Waals surface area contributed by atoms with Crippen LogP contribution in [0.25, 0.3) is 0 Å². The fraction of sp³-hybridized carbons (Fsp3) is 0.300. The molecule has 0 heterocycles. The molecular formula is C10H13O3. The van der Waals surface area contributed by atoms with Crippen molar-refractivity contribution in [3.63, 3.8) is 0 Å². The Balaban J connectivity index is 3.03. The van der Waals surface area contributed by atoms with Gasteiger partial charge in [0.2, 0.25) is 0 Å². The Hall–Kier alpha value is -1.22. The molecule has 3 nitrogen and oxygen atoms in total. The highest BCUT2D eigenvalue weighted by molar-refractivity contribution is 5.46. The number of hydrogen-bond acceptors (Lipinski definition) is 3. The lowest BCUT2D eigenvalue weighted by Crippen LogP contribution is -1.96. The molecule has 0 aliphatic carbocycles. The predicted octanol–water partition coefficient (Wildman–Crippen LogP) is 1.78. The molecule has 0 aliphatic rings. The summed E-state index contributed by atoms with van der Waals surface area (Å²) in [4.78, 5) is 0. The van der Waals surface area contributed by atoms with E-state index in [1.165, 1.54) is 0 Å². The van der Waals surface area contributed by atoms with Crippen LogP contribution in [-0.2, 0) is 6.42 Å². The van der Waals surface area contributed by atoms with E-state index in [1.807, 2.05) is 18.2 Å². The molecule has 0 amide bonds. The van der Waals surface area contributed by atoms with Gasteiger partial charge in [-0.25, -0.2) is 0 Å². The zero-order chi connectivity index (χ0) is 9.68. The lowest BCUT2D eigenvalue weighted by molar-refractivity contribution is 0.346. The van der Waals surface area contributed by atoms with Crippen LogP contribution in [0.15, 0.2) is 18.2 Å². The van der Waals surface area contributed by atoms with Gasteiger partial charge in [0.05, 0.1) is 20.8 Å². The average Bonchev–Trinajstić information content (AvgIpc) is 2.18. The standard InChI is InChI=1S/C10H13O3/c1-12-9-5-3-4-8(6-7-11)10(9)13-2/h3-5,7,11H,6H2,1-2H3. The molecule has 0 spiro atoms. The number of para-hydroxylation sites is 1. The summed E-state index contributed by atoms with van der Waals surface area (Å²) >= 11 is 0. The van der Waals surface area contributed by atoms with Gasteiger partial charge in [-0.05, 0) is 6.07 Å². The summed E-state index contributed by atoms with van der Waals surface area (Å²) in [5.41, 5.74) is 0.907. The molecule has 1 aromatic carbocycles. The minimum absolute atomic E-state index is 0.459. The third-order valence-corrected chi connectivity index (χ3v) is 1.80.